The van der Waals surface area contributed by atoms with E-state index in [1.165, 1.54) is 39.4 Å². The van der Waals surface area contributed by atoms with Gasteiger partial charge in [0.2, 0.25) is 0 Å². The Morgan fingerprint density at radius 2 is 1.86 bits per heavy atom. The molecule has 0 unspecified atom stereocenters. The van der Waals surface area contributed by atoms with Crippen LogP contribution in [-0.2, 0) is 14.4 Å². The van der Waals surface area contributed by atoms with Crippen LogP contribution in [0.3, 0.4) is 0 Å². The molecular weight excluding hydrogens is 312 g/mol. The normalized spacial score (nSPS) is 10.5. The van der Waals surface area contributed by atoms with E-state index in [0.29, 0.717) is 5.69 Å². The summed E-state index contributed by atoms with van der Waals surface area (Å²) in [4.78, 5) is 30.8. The third-order valence-corrected chi connectivity index (χ3v) is 2.51. The van der Waals surface area contributed by atoms with E-state index in [1.54, 1.807) is 0 Å². The van der Waals surface area contributed by atoms with E-state index in [1.807, 2.05) is 0 Å². The minimum Gasteiger partial charge on any atom is -0.482 e. The molecule has 7 nitrogen and oxygen atoms in total. The summed E-state index contributed by atoms with van der Waals surface area (Å²) >= 11 is 6.12. The molecule has 1 aromatic carbocycles. The summed E-state index contributed by atoms with van der Waals surface area (Å²) in [6, 6.07) is 3.07. The van der Waals surface area contributed by atoms with Crippen molar-refractivity contribution in [1.82, 2.24) is 5.48 Å². The second kappa shape index (κ2) is 9.01. The molecule has 0 aromatic heterocycles. The molecule has 1 N–H and O–H groups in total. The SMILES string of the molecule is CONC=Nc1cc(Cl)c(OCC(C)=O)c(OCC(C)=O)c1. The van der Waals surface area contributed by atoms with Gasteiger partial charge in [-0.2, -0.15) is 0 Å². The summed E-state index contributed by atoms with van der Waals surface area (Å²) in [5.74, 6) is 0.0915. The summed E-state index contributed by atoms with van der Waals surface area (Å²) in [5, 5.41) is 0.215. The molecule has 0 radical (unpaired) electrons. The Morgan fingerprint density at radius 1 is 1.23 bits per heavy atom. The number of carbonyl (C=O) groups excluding carboxylic acids is 2. The molecule has 0 saturated heterocycles. The number of aliphatic imine (C=N–C) groups is 1. The first kappa shape index (κ1) is 17.9. The van der Waals surface area contributed by atoms with Gasteiger partial charge < -0.3 is 9.47 Å². The molecule has 0 amide bonds. The van der Waals surface area contributed by atoms with E-state index >= 15 is 0 Å². The number of ketones is 2. The van der Waals surface area contributed by atoms with Gasteiger partial charge in [-0.3, -0.25) is 19.9 Å². The predicted molar refractivity (Wildman–Crippen MR) is 82.1 cm³/mol. The minimum atomic E-state index is -0.167. The van der Waals surface area contributed by atoms with Gasteiger partial charge in [0.1, 0.15) is 19.6 Å². The number of ether oxygens (including phenoxy) is 2. The van der Waals surface area contributed by atoms with Crippen molar-refractivity contribution in [2.24, 2.45) is 4.99 Å². The molecular formula is C14H17ClN2O5. The van der Waals surface area contributed by atoms with E-state index in [0.717, 1.165) is 0 Å². The zero-order valence-corrected chi connectivity index (χ0v) is 13.3. The van der Waals surface area contributed by atoms with Crippen molar-refractivity contribution >= 4 is 35.2 Å². The fraction of sp³-hybridized carbons (Fsp3) is 0.357. The zero-order chi connectivity index (χ0) is 16.5. The lowest BCUT2D eigenvalue weighted by molar-refractivity contribution is -0.120. The van der Waals surface area contributed by atoms with E-state index in [4.69, 9.17) is 21.1 Å². The number of Topliss-reactive ketones (excluding diaryl/α,β-unsaturated/α-hetero) is 2. The van der Waals surface area contributed by atoms with E-state index < -0.39 is 0 Å². The summed E-state index contributed by atoms with van der Waals surface area (Å²) in [6.07, 6.45) is 1.32. The van der Waals surface area contributed by atoms with Crippen LogP contribution in [0.2, 0.25) is 5.02 Å². The maximum Gasteiger partial charge on any atom is 0.180 e. The molecule has 0 aliphatic heterocycles. The van der Waals surface area contributed by atoms with Crippen LogP contribution in [-0.4, -0.2) is 38.2 Å². The van der Waals surface area contributed by atoms with Crippen molar-refractivity contribution in [3.8, 4) is 11.5 Å². The van der Waals surface area contributed by atoms with E-state index in [-0.39, 0.29) is 41.3 Å². The molecule has 0 aliphatic carbocycles. The number of hydrogen-bond acceptors (Lipinski definition) is 6. The molecule has 0 heterocycles. The maximum atomic E-state index is 11.1. The van der Waals surface area contributed by atoms with Gasteiger partial charge >= 0.3 is 0 Å². The highest BCUT2D eigenvalue weighted by Gasteiger charge is 2.14. The van der Waals surface area contributed by atoms with Gasteiger partial charge in [0.25, 0.3) is 0 Å². The molecule has 8 heteroatoms. The fourth-order valence-electron chi connectivity index (χ4n) is 1.38. The highest BCUT2D eigenvalue weighted by atomic mass is 35.5. The number of hydroxylamine groups is 1. The van der Waals surface area contributed by atoms with E-state index in [2.05, 4.69) is 15.3 Å². The van der Waals surface area contributed by atoms with Gasteiger partial charge in [-0.05, 0) is 19.9 Å². The van der Waals surface area contributed by atoms with Gasteiger partial charge in [-0.15, -0.1) is 0 Å². The third kappa shape index (κ3) is 6.11. The van der Waals surface area contributed by atoms with Crippen molar-refractivity contribution in [3.05, 3.63) is 17.2 Å². The van der Waals surface area contributed by atoms with Crippen LogP contribution in [0.25, 0.3) is 0 Å². The molecule has 22 heavy (non-hydrogen) atoms. The Kier molecular flexibility index (Phi) is 7.34. The summed E-state index contributed by atoms with van der Waals surface area (Å²) in [7, 11) is 1.44. The summed E-state index contributed by atoms with van der Waals surface area (Å²) in [6.45, 7) is 2.49. The molecule has 0 saturated carbocycles. The summed E-state index contributed by atoms with van der Waals surface area (Å²) < 4.78 is 10.7. The first-order valence-corrected chi connectivity index (χ1v) is 6.71. The molecule has 0 aliphatic rings. The molecule has 0 bridgehead atoms. The van der Waals surface area contributed by atoms with Gasteiger partial charge in [0.15, 0.2) is 23.1 Å². The van der Waals surface area contributed by atoms with Crippen LogP contribution in [0.5, 0.6) is 11.5 Å². The highest BCUT2D eigenvalue weighted by Crippen LogP contribution is 2.39. The zero-order valence-electron chi connectivity index (χ0n) is 12.5. The Hall–Kier alpha value is -2.12. The number of nitrogens with zero attached hydrogens (tertiary/aromatic N) is 1. The number of nitrogens with one attached hydrogen (secondary N) is 1. The lowest BCUT2D eigenvalue weighted by Gasteiger charge is -2.13. The van der Waals surface area contributed by atoms with Crippen molar-refractivity contribution in [1.29, 1.82) is 0 Å². The number of hydrogen-bond donors (Lipinski definition) is 1. The standard InChI is InChI=1S/C14H17ClN2O5/c1-9(18)6-21-13-5-11(16-8-17-20-3)4-12(15)14(13)22-7-10(2)19/h4-5,8H,6-7H2,1-3H3,(H,16,17). The largest absolute Gasteiger partial charge is 0.482 e. The molecule has 0 fully saturated rings. The number of halogens is 1. The van der Waals surface area contributed by atoms with Crippen molar-refractivity contribution < 1.29 is 23.9 Å². The van der Waals surface area contributed by atoms with Crippen LogP contribution in [0.1, 0.15) is 13.8 Å². The average molecular weight is 329 g/mol. The Balaban J connectivity index is 3.06. The third-order valence-electron chi connectivity index (χ3n) is 2.23. The van der Waals surface area contributed by atoms with Crippen molar-refractivity contribution in [2.75, 3.05) is 20.3 Å². The number of benzene rings is 1. The van der Waals surface area contributed by atoms with Crippen LogP contribution in [0.4, 0.5) is 5.69 Å². The van der Waals surface area contributed by atoms with Crippen LogP contribution >= 0.6 is 11.6 Å². The number of carbonyl (C=O) groups is 2. The first-order chi connectivity index (χ1) is 10.4. The fourth-order valence-corrected chi connectivity index (χ4v) is 1.64. The van der Waals surface area contributed by atoms with Gasteiger partial charge in [0, 0.05) is 6.07 Å². The van der Waals surface area contributed by atoms with Crippen LogP contribution in [0.15, 0.2) is 17.1 Å². The quantitative estimate of drug-likeness (QED) is 0.424. The number of rotatable bonds is 9. The Labute approximate surface area is 133 Å². The van der Waals surface area contributed by atoms with Crippen LogP contribution in [0, 0.1) is 0 Å². The smallest absolute Gasteiger partial charge is 0.180 e. The van der Waals surface area contributed by atoms with Gasteiger partial charge in [-0.25, -0.2) is 4.99 Å². The predicted octanol–water partition coefficient (Wildman–Crippen LogP) is 2.09. The van der Waals surface area contributed by atoms with Gasteiger partial charge in [0.05, 0.1) is 17.8 Å². The first-order valence-electron chi connectivity index (χ1n) is 6.33. The Morgan fingerprint density at radius 3 is 2.45 bits per heavy atom. The molecule has 0 spiro atoms. The minimum absolute atomic E-state index is 0.143. The lowest BCUT2D eigenvalue weighted by atomic mass is 10.2. The van der Waals surface area contributed by atoms with Crippen molar-refractivity contribution in [2.45, 2.75) is 13.8 Å². The summed E-state index contributed by atoms with van der Waals surface area (Å²) in [5.41, 5.74) is 2.90. The topological polar surface area (TPSA) is 86.2 Å². The maximum absolute atomic E-state index is 11.1. The second-order valence-corrected chi connectivity index (χ2v) is 4.72. The monoisotopic (exact) mass is 328 g/mol. The van der Waals surface area contributed by atoms with Crippen LogP contribution < -0.4 is 15.0 Å². The molecule has 1 rings (SSSR count). The average Bonchev–Trinajstić information content (AvgIpc) is 2.43. The molecule has 1 aromatic rings. The lowest BCUT2D eigenvalue weighted by Crippen LogP contribution is -2.11. The van der Waals surface area contributed by atoms with E-state index in [9.17, 15) is 9.59 Å². The highest BCUT2D eigenvalue weighted by molar-refractivity contribution is 6.32. The molecule has 120 valence electrons. The Bertz CT molecular complexity index is 575. The second-order valence-electron chi connectivity index (χ2n) is 4.32. The van der Waals surface area contributed by atoms with Gasteiger partial charge in [-0.1, -0.05) is 11.6 Å². The van der Waals surface area contributed by atoms with Crippen molar-refractivity contribution in [3.63, 3.8) is 0 Å². The molecule has 0 atom stereocenters.